The van der Waals surface area contributed by atoms with Gasteiger partial charge in [-0.3, -0.25) is 14.7 Å². The third-order valence-electron chi connectivity index (χ3n) is 3.94. The molecule has 122 valence electrons. The summed E-state index contributed by atoms with van der Waals surface area (Å²) < 4.78 is 37.2. The van der Waals surface area contributed by atoms with Crippen LogP contribution in [0.1, 0.15) is 10.5 Å². The first-order valence-corrected chi connectivity index (χ1v) is 7.36. The summed E-state index contributed by atoms with van der Waals surface area (Å²) in [5.41, 5.74) is 0.354. The van der Waals surface area contributed by atoms with E-state index in [1.54, 1.807) is 11.1 Å². The highest BCUT2D eigenvalue weighted by Crippen LogP contribution is 2.20. The first-order valence-electron chi connectivity index (χ1n) is 7.36. The number of carbonyl (C=O) groups excluding carboxylic acids is 1. The van der Waals surface area contributed by atoms with Gasteiger partial charge < -0.3 is 4.90 Å². The number of piperazine rings is 1. The Morgan fingerprint density at radius 2 is 1.78 bits per heavy atom. The molecule has 1 aliphatic rings. The van der Waals surface area contributed by atoms with E-state index in [-0.39, 0.29) is 32.1 Å². The van der Waals surface area contributed by atoms with E-state index in [1.165, 1.54) is 4.90 Å². The van der Waals surface area contributed by atoms with Crippen LogP contribution in [-0.4, -0.2) is 59.6 Å². The summed E-state index contributed by atoms with van der Waals surface area (Å²) in [6.45, 7) is 0.0627. The maximum absolute atomic E-state index is 12.6. The molecule has 1 aromatic heterocycles. The van der Waals surface area contributed by atoms with Gasteiger partial charge in [-0.2, -0.15) is 13.2 Å². The van der Waals surface area contributed by atoms with E-state index < -0.39 is 12.7 Å². The van der Waals surface area contributed by atoms with Crippen LogP contribution < -0.4 is 0 Å². The van der Waals surface area contributed by atoms with E-state index in [4.69, 9.17) is 0 Å². The Bertz CT molecular complexity index is 704. The summed E-state index contributed by atoms with van der Waals surface area (Å²) in [6, 6.07) is 9.27. The van der Waals surface area contributed by atoms with Crippen molar-refractivity contribution in [2.75, 3.05) is 32.7 Å². The lowest BCUT2D eigenvalue weighted by molar-refractivity contribution is -0.148. The van der Waals surface area contributed by atoms with Gasteiger partial charge >= 0.3 is 6.18 Å². The van der Waals surface area contributed by atoms with Crippen LogP contribution >= 0.6 is 0 Å². The number of halogens is 3. The summed E-state index contributed by atoms with van der Waals surface area (Å²) >= 11 is 0. The molecule has 0 unspecified atom stereocenters. The fourth-order valence-corrected chi connectivity index (χ4v) is 2.80. The average Bonchev–Trinajstić information content (AvgIpc) is 2.53. The molecular formula is C16H16F3N3O. The predicted molar refractivity (Wildman–Crippen MR) is 80.1 cm³/mol. The summed E-state index contributed by atoms with van der Waals surface area (Å²) in [5, 5.41) is 1.68. The van der Waals surface area contributed by atoms with Crippen LogP contribution in [0.5, 0.6) is 0 Å². The summed E-state index contributed by atoms with van der Waals surface area (Å²) in [4.78, 5) is 19.7. The molecule has 0 aliphatic carbocycles. The molecule has 4 nitrogen and oxygen atoms in total. The van der Waals surface area contributed by atoms with Crippen LogP contribution in [0.25, 0.3) is 10.8 Å². The lowest BCUT2D eigenvalue weighted by Gasteiger charge is -2.34. The maximum Gasteiger partial charge on any atom is 0.401 e. The zero-order valence-corrected chi connectivity index (χ0v) is 12.4. The minimum Gasteiger partial charge on any atom is -0.335 e. The number of rotatable bonds is 2. The molecule has 3 rings (SSSR count). The van der Waals surface area contributed by atoms with Crippen LogP contribution in [0.2, 0.25) is 0 Å². The molecule has 2 heterocycles. The normalized spacial score (nSPS) is 16.7. The van der Waals surface area contributed by atoms with Gasteiger partial charge in [0.1, 0.15) is 5.69 Å². The Balaban J connectivity index is 1.72. The van der Waals surface area contributed by atoms with Crippen molar-refractivity contribution in [3.05, 3.63) is 42.2 Å². The Kier molecular flexibility index (Phi) is 4.21. The molecule has 1 aromatic carbocycles. The highest BCUT2D eigenvalue weighted by molar-refractivity contribution is 6.05. The molecule has 2 aromatic rings. The topological polar surface area (TPSA) is 36.4 Å². The van der Waals surface area contributed by atoms with Crippen molar-refractivity contribution in [1.29, 1.82) is 0 Å². The SMILES string of the molecule is O=C(c1nccc2ccccc12)N1CCN(CC(F)(F)F)CC1. The minimum atomic E-state index is -4.20. The summed E-state index contributed by atoms with van der Waals surface area (Å²) in [5.74, 6) is -0.228. The Morgan fingerprint density at radius 1 is 1.09 bits per heavy atom. The van der Waals surface area contributed by atoms with E-state index in [0.29, 0.717) is 5.69 Å². The molecule has 23 heavy (non-hydrogen) atoms. The van der Waals surface area contributed by atoms with E-state index >= 15 is 0 Å². The number of benzene rings is 1. The zero-order chi connectivity index (χ0) is 16.4. The zero-order valence-electron chi connectivity index (χ0n) is 12.4. The van der Waals surface area contributed by atoms with Gasteiger partial charge in [0.15, 0.2) is 0 Å². The van der Waals surface area contributed by atoms with Gasteiger partial charge in [-0.05, 0) is 11.5 Å². The second-order valence-corrected chi connectivity index (χ2v) is 5.56. The number of pyridine rings is 1. The van der Waals surface area contributed by atoms with Gasteiger partial charge in [0.2, 0.25) is 0 Å². The largest absolute Gasteiger partial charge is 0.401 e. The van der Waals surface area contributed by atoms with Crippen LogP contribution in [0, 0.1) is 0 Å². The van der Waals surface area contributed by atoms with Crippen molar-refractivity contribution in [3.8, 4) is 0 Å². The lowest BCUT2D eigenvalue weighted by atomic mass is 10.1. The van der Waals surface area contributed by atoms with Crippen molar-refractivity contribution in [2.45, 2.75) is 6.18 Å². The third-order valence-corrected chi connectivity index (χ3v) is 3.94. The summed E-state index contributed by atoms with van der Waals surface area (Å²) in [6.07, 6.45) is -2.63. The van der Waals surface area contributed by atoms with Crippen molar-refractivity contribution >= 4 is 16.7 Å². The second-order valence-electron chi connectivity index (χ2n) is 5.56. The van der Waals surface area contributed by atoms with Crippen molar-refractivity contribution in [3.63, 3.8) is 0 Å². The molecule has 1 fully saturated rings. The molecule has 1 aliphatic heterocycles. The lowest BCUT2D eigenvalue weighted by Crippen LogP contribution is -2.51. The number of aromatic nitrogens is 1. The highest BCUT2D eigenvalue weighted by Gasteiger charge is 2.33. The summed E-state index contributed by atoms with van der Waals surface area (Å²) in [7, 11) is 0. The first-order chi connectivity index (χ1) is 10.9. The van der Waals surface area contributed by atoms with Crippen LogP contribution in [0.15, 0.2) is 36.5 Å². The highest BCUT2D eigenvalue weighted by atomic mass is 19.4. The monoisotopic (exact) mass is 323 g/mol. The van der Waals surface area contributed by atoms with Crippen molar-refractivity contribution in [1.82, 2.24) is 14.8 Å². The van der Waals surface area contributed by atoms with Gasteiger partial charge in [-0.1, -0.05) is 24.3 Å². The van der Waals surface area contributed by atoms with Crippen LogP contribution in [-0.2, 0) is 0 Å². The number of nitrogens with zero attached hydrogens (tertiary/aromatic N) is 3. The number of fused-ring (bicyclic) bond motifs is 1. The smallest absolute Gasteiger partial charge is 0.335 e. The van der Waals surface area contributed by atoms with Crippen molar-refractivity contribution < 1.29 is 18.0 Å². The van der Waals surface area contributed by atoms with Crippen molar-refractivity contribution in [2.24, 2.45) is 0 Å². The Hall–Kier alpha value is -2.15. The number of amides is 1. The van der Waals surface area contributed by atoms with Gasteiger partial charge in [0.25, 0.3) is 5.91 Å². The molecule has 1 amide bonds. The van der Waals surface area contributed by atoms with Gasteiger partial charge in [0.05, 0.1) is 6.54 Å². The number of alkyl halides is 3. The fraction of sp³-hybridized carbons (Fsp3) is 0.375. The van der Waals surface area contributed by atoms with Gasteiger partial charge in [-0.15, -0.1) is 0 Å². The van der Waals surface area contributed by atoms with E-state index in [2.05, 4.69) is 4.98 Å². The molecule has 0 radical (unpaired) electrons. The van der Waals surface area contributed by atoms with Gasteiger partial charge in [-0.25, -0.2) is 0 Å². The van der Waals surface area contributed by atoms with Gasteiger partial charge in [0, 0.05) is 37.8 Å². The molecule has 0 bridgehead atoms. The molecular weight excluding hydrogens is 307 g/mol. The standard InChI is InChI=1S/C16H16F3N3O/c17-16(18,19)11-21-7-9-22(10-8-21)15(23)14-13-4-2-1-3-12(13)5-6-20-14/h1-6H,7-11H2. The molecule has 0 saturated carbocycles. The molecule has 0 N–H and O–H groups in total. The molecule has 7 heteroatoms. The number of hydrogen-bond donors (Lipinski definition) is 0. The van der Waals surface area contributed by atoms with E-state index in [9.17, 15) is 18.0 Å². The number of carbonyl (C=O) groups is 1. The first kappa shape index (κ1) is 15.7. The maximum atomic E-state index is 12.6. The average molecular weight is 323 g/mol. The number of hydrogen-bond acceptors (Lipinski definition) is 3. The molecule has 1 saturated heterocycles. The molecule has 0 spiro atoms. The fourth-order valence-electron chi connectivity index (χ4n) is 2.80. The van der Waals surface area contributed by atoms with Crippen LogP contribution in [0.4, 0.5) is 13.2 Å². The second kappa shape index (κ2) is 6.16. The van der Waals surface area contributed by atoms with E-state index in [1.807, 2.05) is 30.3 Å². The third kappa shape index (κ3) is 3.61. The van der Waals surface area contributed by atoms with E-state index in [0.717, 1.165) is 10.8 Å². The Labute approximate surface area is 131 Å². The van der Waals surface area contributed by atoms with Crippen LogP contribution in [0.3, 0.4) is 0 Å². The minimum absolute atomic E-state index is 0.218. The molecule has 0 atom stereocenters. The quantitative estimate of drug-likeness (QED) is 0.852. The predicted octanol–water partition coefficient (Wildman–Crippen LogP) is 2.55. The Morgan fingerprint density at radius 3 is 2.48 bits per heavy atom.